The lowest BCUT2D eigenvalue weighted by molar-refractivity contribution is 0.102. The van der Waals surface area contributed by atoms with Crippen molar-refractivity contribution in [2.24, 2.45) is 0 Å². The summed E-state index contributed by atoms with van der Waals surface area (Å²) in [6.07, 6.45) is 0.607. The molecule has 0 saturated carbocycles. The van der Waals surface area contributed by atoms with Crippen molar-refractivity contribution in [1.82, 2.24) is 0 Å². The fourth-order valence-corrected chi connectivity index (χ4v) is 7.48. The second kappa shape index (κ2) is 10.4. The van der Waals surface area contributed by atoms with Crippen LogP contribution in [0.25, 0.3) is 0 Å². The average Bonchev–Trinajstić information content (AvgIpc) is 3.25. The Kier molecular flexibility index (Phi) is 7.11. The third kappa shape index (κ3) is 5.49. The third-order valence-corrected chi connectivity index (χ3v) is 9.85. The number of hydrogen-bond donors (Lipinski definition) is 2. The molecular formula is C28H24ClN3O5S2. The molecule has 200 valence electrons. The van der Waals surface area contributed by atoms with Crippen LogP contribution in [0, 0.1) is 0 Å². The van der Waals surface area contributed by atoms with Crippen molar-refractivity contribution in [2.45, 2.75) is 29.2 Å². The second-order valence-electron chi connectivity index (χ2n) is 9.10. The number of nitrogens with zero attached hydrogens (tertiary/aromatic N) is 1. The van der Waals surface area contributed by atoms with Crippen LogP contribution in [0.1, 0.15) is 22.8 Å². The van der Waals surface area contributed by atoms with Gasteiger partial charge in [0.2, 0.25) is 0 Å². The van der Waals surface area contributed by atoms with E-state index in [4.69, 9.17) is 11.6 Å². The quantitative estimate of drug-likeness (QED) is 0.298. The van der Waals surface area contributed by atoms with E-state index in [-0.39, 0.29) is 21.4 Å². The Morgan fingerprint density at radius 1 is 0.821 bits per heavy atom. The van der Waals surface area contributed by atoms with Crippen LogP contribution in [0.3, 0.4) is 0 Å². The third-order valence-electron chi connectivity index (χ3n) is 6.30. The summed E-state index contributed by atoms with van der Waals surface area (Å²) in [7, 11) is -7.79. The number of amides is 1. The number of sulfonamides is 2. The minimum absolute atomic E-state index is 0.00594. The van der Waals surface area contributed by atoms with Gasteiger partial charge in [-0.15, -0.1) is 0 Å². The molecule has 2 N–H and O–H groups in total. The molecule has 0 unspecified atom stereocenters. The molecule has 4 aromatic carbocycles. The largest absolute Gasteiger partial charge is 0.322 e. The smallest absolute Gasteiger partial charge is 0.264 e. The van der Waals surface area contributed by atoms with E-state index >= 15 is 0 Å². The molecule has 0 fully saturated rings. The van der Waals surface area contributed by atoms with E-state index < -0.39 is 26.0 Å². The van der Waals surface area contributed by atoms with Crippen molar-refractivity contribution in [3.63, 3.8) is 0 Å². The van der Waals surface area contributed by atoms with Gasteiger partial charge in [-0.1, -0.05) is 41.9 Å². The summed E-state index contributed by atoms with van der Waals surface area (Å²) >= 11 is 5.92. The zero-order valence-electron chi connectivity index (χ0n) is 20.7. The first-order valence-electron chi connectivity index (χ1n) is 12.0. The van der Waals surface area contributed by atoms with Crippen molar-refractivity contribution in [3.8, 4) is 0 Å². The summed E-state index contributed by atoms with van der Waals surface area (Å²) in [5.74, 6) is -0.533. The van der Waals surface area contributed by atoms with E-state index in [2.05, 4.69) is 10.0 Å². The molecule has 0 bridgehead atoms. The van der Waals surface area contributed by atoms with E-state index in [1.807, 2.05) is 19.1 Å². The summed E-state index contributed by atoms with van der Waals surface area (Å²) in [4.78, 5) is 13.0. The maximum absolute atomic E-state index is 13.5. The highest BCUT2D eigenvalue weighted by Crippen LogP contribution is 2.36. The minimum atomic E-state index is -3.91. The van der Waals surface area contributed by atoms with Gasteiger partial charge in [0, 0.05) is 22.3 Å². The number of hydrogen-bond acceptors (Lipinski definition) is 5. The van der Waals surface area contributed by atoms with Gasteiger partial charge >= 0.3 is 0 Å². The zero-order chi connectivity index (χ0) is 27.8. The molecule has 1 aliphatic rings. The lowest BCUT2D eigenvalue weighted by Crippen LogP contribution is -2.35. The summed E-state index contributed by atoms with van der Waals surface area (Å²) in [6, 6.07) is 24.9. The van der Waals surface area contributed by atoms with E-state index in [0.29, 0.717) is 28.5 Å². The van der Waals surface area contributed by atoms with Crippen molar-refractivity contribution >= 4 is 54.6 Å². The first-order chi connectivity index (χ1) is 18.5. The number of benzene rings is 4. The predicted molar refractivity (Wildman–Crippen MR) is 152 cm³/mol. The first kappa shape index (κ1) is 26.7. The average molecular weight is 582 g/mol. The van der Waals surface area contributed by atoms with Gasteiger partial charge in [-0.05, 0) is 85.6 Å². The molecule has 1 heterocycles. The summed E-state index contributed by atoms with van der Waals surface area (Å²) < 4.78 is 56.4. The van der Waals surface area contributed by atoms with Crippen LogP contribution in [0.4, 0.5) is 17.1 Å². The van der Waals surface area contributed by atoms with Crippen molar-refractivity contribution < 1.29 is 21.6 Å². The van der Waals surface area contributed by atoms with Crippen LogP contribution >= 0.6 is 11.6 Å². The number of fused-ring (bicyclic) bond motifs is 1. The highest BCUT2D eigenvalue weighted by Gasteiger charge is 2.36. The number of carbonyl (C=O) groups is 1. The van der Waals surface area contributed by atoms with Gasteiger partial charge in [-0.2, -0.15) is 0 Å². The SMILES string of the molecule is C[C@H]1Cc2ccccc2N1S(=O)(=O)c1cccc(C(=O)Nc2ccc(S(=O)(=O)Nc3cccc(Cl)c3)cc2)c1. The molecule has 11 heteroatoms. The highest BCUT2D eigenvalue weighted by atomic mass is 35.5. The molecule has 1 amide bonds. The molecule has 8 nitrogen and oxygen atoms in total. The van der Waals surface area contributed by atoms with Crippen LogP contribution in [0.2, 0.25) is 5.02 Å². The summed E-state index contributed by atoms with van der Waals surface area (Å²) in [6.45, 7) is 1.85. The molecule has 1 aliphatic heterocycles. The topological polar surface area (TPSA) is 113 Å². The van der Waals surface area contributed by atoms with Gasteiger partial charge in [-0.3, -0.25) is 13.8 Å². The van der Waals surface area contributed by atoms with Gasteiger partial charge in [-0.25, -0.2) is 16.8 Å². The Morgan fingerprint density at radius 2 is 1.54 bits per heavy atom. The molecule has 0 spiro atoms. The summed E-state index contributed by atoms with van der Waals surface area (Å²) in [5.41, 5.74) is 2.41. The Morgan fingerprint density at radius 3 is 2.28 bits per heavy atom. The molecule has 0 saturated heterocycles. The van der Waals surface area contributed by atoms with E-state index in [0.717, 1.165) is 5.56 Å². The highest BCUT2D eigenvalue weighted by molar-refractivity contribution is 7.93. The number of para-hydroxylation sites is 1. The van der Waals surface area contributed by atoms with Gasteiger partial charge in [0.05, 0.1) is 21.2 Å². The van der Waals surface area contributed by atoms with Gasteiger partial charge in [0.1, 0.15) is 0 Å². The zero-order valence-corrected chi connectivity index (χ0v) is 23.1. The molecule has 4 aromatic rings. The number of rotatable bonds is 7. The van der Waals surface area contributed by atoms with Gasteiger partial charge in [0.15, 0.2) is 0 Å². The van der Waals surface area contributed by atoms with Crippen LogP contribution in [0.15, 0.2) is 107 Å². The van der Waals surface area contributed by atoms with Crippen LogP contribution in [0.5, 0.6) is 0 Å². The first-order valence-corrected chi connectivity index (χ1v) is 15.3. The number of nitrogens with one attached hydrogen (secondary N) is 2. The van der Waals surface area contributed by atoms with Crippen LogP contribution in [-0.4, -0.2) is 28.8 Å². The lowest BCUT2D eigenvalue weighted by Gasteiger charge is -2.24. The van der Waals surface area contributed by atoms with Crippen LogP contribution in [-0.2, 0) is 26.5 Å². The van der Waals surface area contributed by atoms with Crippen molar-refractivity contribution in [2.75, 3.05) is 14.3 Å². The fourth-order valence-electron chi connectivity index (χ4n) is 4.50. The molecule has 0 aromatic heterocycles. The van der Waals surface area contributed by atoms with Gasteiger partial charge < -0.3 is 5.32 Å². The second-order valence-corrected chi connectivity index (χ2v) is 13.0. The Labute approximate surface area is 232 Å². The maximum Gasteiger partial charge on any atom is 0.264 e. The maximum atomic E-state index is 13.5. The fraction of sp³-hybridized carbons (Fsp3) is 0.107. The van der Waals surface area contributed by atoms with Crippen LogP contribution < -0.4 is 14.3 Å². The minimum Gasteiger partial charge on any atom is -0.322 e. The standard InChI is InChI=1S/C28H24ClN3O5S2/c1-19-16-20-6-2-3-11-27(20)32(19)39(36,37)26-10-4-7-21(17-26)28(33)30-23-12-14-25(15-13-23)38(34,35)31-24-9-5-8-22(29)18-24/h2-15,17-19,31H,16H2,1H3,(H,30,33)/t19-/m0/s1. The lowest BCUT2D eigenvalue weighted by atomic mass is 10.1. The van der Waals surface area contributed by atoms with E-state index in [9.17, 15) is 21.6 Å². The van der Waals surface area contributed by atoms with E-state index in [1.165, 1.54) is 58.9 Å². The normalized spacial score (nSPS) is 15.0. The Bertz CT molecular complexity index is 1780. The molecule has 0 radical (unpaired) electrons. The summed E-state index contributed by atoms with van der Waals surface area (Å²) in [5, 5.41) is 3.08. The molecule has 5 rings (SSSR count). The Balaban J connectivity index is 1.32. The number of carbonyl (C=O) groups excluding carboxylic acids is 1. The number of anilines is 3. The predicted octanol–water partition coefficient (Wildman–Crippen LogP) is 5.53. The Hall–Kier alpha value is -3.86. The molecule has 39 heavy (non-hydrogen) atoms. The number of halogens is 1. The molecule has 0 aliphatic carbocycles. The van der Waals surface area contributed by atoms with E-state index in [1.54, 1.807) is 30.3 Å². The van der Waals surface area contributed by atoms with Crippen molar-refractivity contribution in [1.29, 1.82) is 0 Å². The molecular weight excluding hydrogens is 558 g/mol. The molecule has 1 atom stereocenters. The monoisotopic (exact) mass is 581 g/mol. The van der Waals surface area contributed by atoms with Gasteiger partial charge in [0.25, 0.3) is 26.0 Å². The van der Waals surface area contributed by atoms with Crippen molar-refractivity contribution in [3.05, 3.63) is 113 Å².